The molecule has 3 nitrogen and oxygen atoms in total. The lowest BCUT2D eigenvalue weighted by Crippen LogP contribution is -2.39. The number of anilines is 1. The molecule has 0 radical (unpaired) electrons. The third kappa shape index (κ3) is 3.30. The minimum absolute atomic E-state index is 0.0647. The standard InChI is InChI=1S/C14H22N2O/c1-6-12(16(4)5)14(17)15-13-10(2)8-7-9-11(13)3/h7-9,12H,6H2,1-5H3,(H,15,17). The first-order valence-corrected chi connectivity index (χ1v) is 6.00. The van der Waals surface area contributed by atoms with Crippen LogP contribution in [0.5, 0.6) is 0 Å². The predicted octanol–water partition coefficient (Wildman–Crippen LogP) is 2.58. The van der Waals surface area contributed by atoms with Crippen molar-refractivity contribution in [3.8, 4) is 0 Å². The molecule has 0 aliphatic carbocycles. The second-order valence-corrected chi connectivity index (χ2v) is 4.64. The van der Waals surface area contributed by atoms with Gasteiger partial charge in [0.25, 0.3) is 0 Å². The van der Waals surface area contributed by atoms with Gasteiger partial charge in [-0.05, 0) is 45.5 Å². The van der Waals surface area contributed by atoms with Crippen molar-refractivity contribution in [3.63, 3.8) is 0 Å². The molecule has 3 heteroatoms. The van der Waals surface area contributed by atoms with E-state index in [1.54, 1.807) is 0 Å². The predicted molar refractivity (Wildman–Crippen MR) is 72.3 cm³/mol. The Bertz CT molecular complexity index is 379. The first kappa shape index (κ1) is 13.7. The Balaban J connectivity index is 2.87. The summed E-state index contributed by atoms with van der Waals surface area (Å²) in [4.78, 5) is 14.1. The highest BCUT2D eigenvalue weighted by atomic mass is 16.2. The molecule has 1 unspecified atom stereocenters. The summed E-state index contributed by atoms with van der Waals surface area (Å²) in [6.07, 6.45) is 0.809. The fourth-order valence-electron chi connectivity index (χ4n) is 2.00. The molecule has 0 saturated heterocycles. The van der Waals surface area contributed by atoms with E-state index in [9.17, 15) is 4.79 Å². The summed E-state index contributed by atoms with van der Waals surface area (Å²) >= 11 is 0. The summed E-state index contributed by atoms with van der Waals surface area (Å²) in [5, 5.41) is 3.03. The molecule has 0 heterocycles. The zero-order valence-electron chi connectivity index (χ0n) is 11.4. The van der Waals surface area contributed by atoms with Gasteiger partial charge in [0.1, 0.15) is 0 Å². The molecule has 94 valence electrons. The summed E-state index contributed by atoms with van der Waals surface area (Å²) in [5.41, 5.74) is 3.15. The number of para-hydroxylation sites is 1. The van der Waals surface area contributed by atoms with Gasteiger partial charge >= 0.3 is 0 Å². The van der Waals surface area contributed by atoms with E-state index >= 15 is 0 Å². The van der Waals surface area contributed by atoms with Crippen LogP contribution in [0.4, 0.5) is 5.69 Å². The maximum Gasteiger partial charge on any atom is 0.241 e. The topological polar surface area (TPSA) is 32.3 Å². The van der Waals surface area contributed by atoms with Gasteiger partial charge in [-0.15, -0.1) is 0 Å². The molecule has 1 atom stereocenters. The molecule has 0 saturated carbocycles. The summed E-state index contributed by atoms with van der Waals surface area (Å²) in [7, 11) is 3.86. The molecule has 0 spiro atoms. The van der Waals surface area contributed by atoms with Crippen LogP contribution in [0, 0.1) is 13.8 Å². The van der Waals surface area contributed by atoms with Crippen molar-refractivity contribution in [2.24, 2.45) is 0 Å². The van der Waals surface area contributed by atoms with Crippen molar-refractivity contribution in [2.45, 2.75) is 33.2 Å². The van der Waals surface area contributed by atoms with E-state index in [0.29, 0.717) is 0 Å². The Kier molecular flexibility index (Phi) is 4.70. The van der Waals surface area contributed by atoms with Gasteiger partial charge in [-0.2, -0.15) is 0 Å². The van der Waals surface area contributed by atoms with Crippen molar-refractivity contribution in [2.75, 3.05) is 19.4 Å². The summed E-state index contributed by atoms with van der Waals surface area (Å²) in [6.45, 7) is 6.05. The van der Waals surface area contributed by atoms with Crippen LogP contribution in [0.2, 0.25) is 0 Å². The number of benzene rings is 1. The Labute approximate surface area is 104 Å². The lowest BCUT2D eigenvalue weighted by Gasteiger charge is -2.23. The normalized spacial score (nSPS) is 12.6. The number of likely N-dealkylation sites (N-methyl/N-ethyl adjacent to an activating group) is 1. The average Bonchev–Trinajstić information content (AvgIpc) is 2.24. The lowest BCUT2D eigenvalue weighted by molar-refractivity contribution is -0.120. The first-order chi connectivity index (χ1) is 7.97. The molecule has 1 amide bonds. The van der Waals surface area contributed by atoms with Gasteiger partial charge in [-0.25, -0.2) is 0 Å². The first-order valence-electron chi connectivity index (χ1n) is 6.00. The number of nitrogens with one attached hydrogen (secondary N) is 1. The highest BCUT2D eigenvalue weighted by Crippen LogP contribution is 2.20. The number of rotatable bonds is 4. The van der Waals surface area contributed by atoms with Crippen LogP contribution in [0.1, 0.15) is 24.5 Å². The Morgan fingerprint density at radius 3 is 2.24 bits per heavy atom. The third-order valence-electron chi connectivity index (χ3n) is 3.04. The second kappa shape index (κ2) is 5.82. The number of carbonyl (C=O) groups is 1. The van der Waals surface area contributed by atoms with Crippen LogP contribution in [0.3, 0.4) is 0 Å². The van der Waals surface area contributed by atoms with Gasteiger partial charge in [0, 0.05) is 5.69 Å². The Morgan fingerprint density at radius 2 is 1.82 bits per heavy atom. The Hall–Kier alpha value is -1.35. The number of aryl methyl sites for hydroxylation is 2. The molecule has 1 rings (SSSR count). The summed E-state index contributed by atoms with van der Waals surface area (Å²) in [6, 6.07) is 5.95. The largest absolute Gasteiger partial charge is 0.324 e. The van der Waals surface area contributed by atoms with Crippen molar-refractivity contribution in [1.29, 1.82) is 0 Å². The van der Waals surface area contributed by atoms with E-state index in [4.69, 9.17) is 0 Å². The highest BCUT2D eigenvalue weighted by molar-refractivity contribution is 5.96. The molecule has 17 heavy (non-hydrogen) atoms. The maximum atomic E-state index is 12.1. The molecule has 1 N–H and O–H groups in total. The number of hydrogen-bond donors (Lipinski definition) is 1. The minimum atomic E-state index is -0.0750. The van der Waals surface area contributed by atoms with Crippen LogP contribution in [0.15, 0.2) is 18.2 Å². The van der Waals surface area contributed by atoms with Gasteiger partial charge in [0.05, 0.1) is 6.04 Å². The second-order valence-electron chi connectivity index (χ2n) is 4.64. The molecule has 0 aliphatic rings. The zero-order chi connectivity index (χ0) is 13.0. The molecule has 0 aromatic heterocycles. The molecular formula is C14H22N2O. The number of nitrogens with zero attached hydrogens (tertiary/aromatic N) is 1. The van der Waals surface area contributed by atoms with E-state index in [2.05, 4.69) is 5.32 Å². The molecule has 0 aliphatic heterocycles. The minimum Gasteiger partial charge on any atom is -0.324 e. The Morgan fingerprint density at radius 1 is 1.29 bits per heavy atom. The van der Waals surface area contributed by atoms with E-state index in [1.165, 1.54) is 0 Å². The van der Waals surface area contributed by atoms with E-state index in [0.717, 1.165) is 23.2 Å². The van der Waals surface area contributed by atoms with Gasteiger partial charge in [0.15, 0.2) is 0 Å². The summed E-state index contributed by atoms with van der Waals surface area (Å²) in [5.74, 6) is 0.0647. The molecule has 0 fully saturated rings. The van der Waals surface area contributed by atoms with Crippen molar-refractivity contribution < 1.29 is 4.79 Å². The monoisotopic (exact) mass is 234 g/mol. The van der Waals surface area contributed by atoms with E-state index in [1.807, 2.05) is 58.0 Å². The molecule has 1 aromatic rings. The van der Waals surface area contributed by atoms with Crippen molar-refractivity contribution in [1.82, 2.24) is 4.90 Å². The number of hydrogen-bond acceptors (Lipinski definition) is 2. The number of amides is 1. The van der Waals surface area contributed by atoms with Crippen LogP contribution in [0.25, 0.3) is 0 Å². The van der Waals surface area contributed by atoms with E-state index in [-0.39, 0.29) is 11.9 Å². The lowest BCUT2D eigenvalue weighted by atomic mass is 10.1. The molecular weight excluding hydrogens is 212 g/mol. The SMILES string of the molecule is CCC(C(=O)Nc1c(C)cccc1C)N(C)C. The van der Waals surface area contributed by atoms with Gasteiger partial charge in [-0.1, -0.05) is 25.1 Å². The zero-order valence-corrected chi connectivity index (χ0v) is 11.4. The average molecular weight is 234 g/mol. The summed E-state index contributed by atoms with van der Waals surface area (Å²) < 4.78 is 0. The van der Waals surface area contributed by atoms with Crippen molar-refractivity contribution >= 4 is 11.6 Å². The van der Waals surface area contributed by atoms with Crippen LogP contribution >= 0.6 is 0 Å². The van der Waals surface area contributed by atoms with Gasteiger partial charge < -0.3 is 5.32 Å². The van der Waals surface area contributed by atoms with E-state index < -0.39 is 0 Å². The fraction of sp³-hybridized carbons (Fsp3) is 0.500. The third-order valence-corrected chi connectivity index (χ3v) is 3.04. The smallest absolute Gasteiger partial charge is 0.241 e. The van der Waals surface area contributed by atoms with Crippen molar-refractivity contribution in [3.05, 3.63) is 29.3 Å². The maximum absolute atomic E-state index is 12.1. The molecule has 0 bridgehead atoms. The quantitative estimate of drug-likeness (QED) is 0.868. The highest BCUT2D eigenvalue weighted by Gasteiger charge is 2.19. The van der Waals surface area contributed by atoms with Gasteiger partial charge in [0.2, 0.25) is 5.91 Å². The number of carbonyl (C=O) groups excluding carboxylic acids is 1. The van der Waals surface area contributed by atoms with Crippen LogP contribution < -0.4 is 5.32 Å². The van der Waals surface area contributed by atoms with Crippen LogP contribution in [-0.2, 0) is 4.79 Å². The van der Waals surface area contributed by atoms with Crippen LogP contribution in [-0.4, -0.2) is 30.9 Å². The fourth-order valence-corrected chi connectivity index (χ4v) is 2.00. The van der Waals surface area contributed by atoms with Gasteiger partial charge in [-0.3, -0.25) is 9.69 Å². The molecule has 1 aromatic carbocycles.